The molecule has 2 aromatic heterocycles. The summed E-state index contributed by atoms with van der Waals surface area (Å²) in [4.78, 5) is 44.5. The summed E-state index contributed by atoms with van der Waals surface area (Å²) in [6.07, 6.45) is 1.95. The van der Waals surface area contributed by atoms with Gasteiger partial charge in [0.15, 0.2) is 0 Å². The molecule has 3 heterocycles. The van der Waals surface area contributed by atoms with Crippen molar-refractivity contribution in [1.82, 2.24) is 19.6 Å². The summed E-state index contributed by atoms with van der Waals surface area (Å²) in [7, 11) is -2.95. The molecule has 0 saturated carbocycles. The number of halogens is 2. The number of hydrogen-bond donors (Lipinski definition) is 3. The first kappa shape index (κ1) is 32.5. The normalized spacial score (nSPS) is 16.7. The van der Waals surface area contributed by atoms with Crippen molar-refractivity contribution in [3.8, 4) is 0 Å². The zero-order valence-electron chi connectivity index (χ0n) is 22.3. The van der Waals surface area contributed by atoms with Crippen molar-refractivity contribution in [2.24, 2.45) is 7.05 Å². The summed E-state index contributed by atoms with van der Waals surface area (Å²) < 4.78 is 37.5. The number of anilines is 1. The van der Waals surface area contributed by atoms with Gasteiger partial charge in [0.2, 0.25) is 15.6 Å². The number of nitrogens with one attached hydrogen (secondary N) is 2. The van der Waals surface area contributed by atoms with Gasteiger partial charge in [-0.2, -0.15) is 4.72 Å². The van der Waals surface area contributed by atoms with Gasteiger partial charge in [-0.25, -0.2) is 18.2 Å². The number of ether oxygens (including phenoxy) is 1. The number of hydrogen-bond acceptors (Lipinski definition) is 9. The fourth-order valence-corrected chi connectivity index (χ4v) is 7.05. The van der Waals surface area contributed by atoms with E-state index in [-0.39, 0.29) is 53.1 Å². The summed E-state index contributed by atoms with van der Waals surface area (Å²) in [5.41, 5.74) is -1.63. The fourth-order valence-electron chi connectivity index (χ4n) is 4.51. The van der Waals surface area contributed by atoms with E-state index in [0.717, 1.165) is 11.3 Å². The van der Waals surface area contributed by atoms with Crippen LogP contribution < -0.4 is 14.9 Å². The summed E-state index contributed by atoms with van der Waals surface area (Å²) >= 11 is 6.98. The molecule has 0 aliphatic carbocycles. The number of carbonyl (C=O) groups excluding carboxylic acids is 3. The predicted octanol–water partition coefficient (Wildman–Crippen LogP) is 2.13. The van der Waals surface area contributed by atoms with Gasteiger partial charge in [-0.1, -0.05) is 17.7 Å². The maximum absolute atomic E-state index is 14.0. The third-order valence-corrected chi connectivity index (χ3v) is 9.33. The van der Waals surface area contributed by atoms with Crippen LogP contribution in [-0.4, -0.2) is 66.7 Å². The molecule has 0 unspecified atom stereocenters. The number of esters is 1. The van der Waals surface area contributed by atoms with Crippen LogP contribution >= 0.6 is 35.3 Å². The monoisotopic (exact) mass is 645 g/mol. The average molecular weight is 647 g/mol. The Morgan fingerprint density at radius 1 is 1.29 bits per heavy atom. The van der Waals surface area contributed by atoms with Crippen LogP contribution in [0.2, 0.25) is 4.34 Å². The van der Waals surface area contributed by atoms with Gasteiger partial charge in [-0.3, -0.25) is 9.59 Å². The van der Waals surface area contributed by atoms with Gasteiger partial charge in [-0.05, 0) is 43.7 Å². The number of aliphatic hydroxyl groups excluding tert-OH is 1. The molecule has 1 aliphatic heterocycles. The second-order valence-corrected chi connectivity index (χ2v) is 12.4. The molecule has 2 amide bonds. The number of benzene rings is 1. The van der Waals surface area contributed by atoms with Crippen LogP contribution in [0.4, 0.5) is 5.69 Å². The summed E-state index contributed by atoms with van der Waals surface area (Å²) in [6.45, 7) is 2.69. The van der Waals surface area contributed by atoms with E-state index in [1.807, 2.05) is 0 Å². The third kappa shape index (κ3) is 6.42. The number of carbonyl (C=O) groups is 3. The molecular weight excluding hydrogens is 617 g/mol. The largest absolute Gasteiger partial charge is 0.464 e. The molecule has 41 heavy (non-hydrogen) atoms. The highest BCUT2D eigenvalue weighted by atomic mass is 35.5. The lowest BCUT2D eigenvalue weighted by molar-refractivity contribution is -0.151. The predicted molar refractivity (Wildman–Crippen MR) is 155 cm³/mol. The minimum atomic E-state index is -4.52. The second-order valence-electron chi connectivity index (χ2n) is 9.07. The van der Waals surface area contributed by atoms with E-state index in [4.69, 9.17) is 16.3 Å². The van der Waals surface area contributed by atoms with Gasteiger partial charge in [0.25, 0.3) is 11.8 Å². The van der Waals surface area contributed by atoms with Crippen LogP contribution in [0.25, 0.3) is 0 Å². The Morgan fingerprint density at radius 2 is 2.02 bits per heavy atom. The quantitative estimate of drug-likeness (QED) is 0.283. The number of imidazole rings is 1. The van der Waals surface area contributed by atoms with E-state index in [2.05, 4.69) is 15.0 Å². The van der Waals surface area contributed by atoms with Gasteiger partial charge in [0.05, 0.1) is 27.3 Å². The van der Waals surface area contributed by atoms with Crippen molar-refractivity contribution in [2.75, 3.05) is 24.6 Å². The Bertz CT molecular complexity index is 1560. The molecule has 0 spiro atoms. The third-order valence-electron chi connectivity index (χ3n) is 6.46. The molecule has 0 bridgehead atoms. The smallest absolute Gasteiger partial charge is 0.337 e. The molecule has 1 aromatic carbocycles. The topological polar surface area (TPSA) is 160 Å². The van der Waals surface area contributed by atoms with E-state index in [1.165, 1.54) is 47.0 Å². The average Bonchev–Trinajstić information content (AvgIpc) is 3.63. The first-order valence-electron chi connectivity index (χ1n) is 12.2. The summed E-state index contributed by atoms with van der Waals surface area (Å²) in [5.74, 6) is -2.12. The second kappa shape index (κ2) is 12.9. The van der Waals surface area contributed by atoms with Gasteiger partial charge >= 0.3 is 5.97 Å². The molecule has 3 aromatic rings. The van der Waals surface area contributed by atoms with Gasteiger partial charge in [0, 0.05) is 38.1 Å². The molecule has 12 nitrogen and oxygen atoms in total. The van der Waals surface area contributed by atoms with Crippen LogP contribution in [0, 0.1) is 6.92 Å². The molecule has 1 saturated heterocycles. The Hall–Kier alpha value is -3.01. The maximum atomic E-state index is 14.0. The number of rotatable bonds is 10. The van der Waals surface area contributed by atoms with E-state index in [0.29, 0.717) is 10.0 Å². The van der Waals surface area contributed by atoms with E-state index in [1.54, 1.807) is 26.1 Å². The molecule has 1 fully saturated rings. The molecule has 3 N–H and O–H groups in total. The van der Waals surface area contributed by atoms with Crippen molar-refractivity contribution in [2.45, 2.75) is 36.8 Å². The SMILES string of the molecule is CCOC(=O)[C@](CNC(=O)c1ccc(Cl)s1)(NS(=O)(=O)c1cccc(N2CC[C@@H](O)C2=O)c1C)c1nccn1C.Cl. The van der Waals surface area contributed by atoms with Crippen molar-refractivity contribution in [3.05, 3.63) is 63.3 Å². The van der Waals surface area contributed by atoms with Crippen molar-refractivity contribution >= 4 is 68.8 Å². The Kier molecular flexibility index (Phi) is 10.2. The first-order chi connectivity index (χ1) is 18.9. The minimum absolute atomic E-state index is 0. The van der Waals surface area contributed by atoms with Crippen LogP contribution in [0.3, 0.4) is 0 Å². The number of aromatic nitrogens is 2. The van der Waals surface area contributed by atoms with Crippen molar-refractivity contribution in [1.29, 1.82) is 0 Å². The van der Waals surface area contributed by atoms with Crippen LogP contribution in [0.5, 0.6) is 0 Å². The van der Waals surface area contributed by atoms with Crippen molar-refractivity contribution in [3.63, 3.8) is 0 Å². The zero-order valence-corrected chi connectivity index (χ0v) is 25.5. The maximum Gasteiger partial charge on any atom is 0.337 e. The molecular formula is C25H29Cl2N5O7S2. The highest BCUT2D eigenvalue weighted by Crippen LogP contribution is 2.32. The Labute approximate surface area is 252 Å². The van der Waals surface area contributed by atoms with Crippen LogP contribution in [0.1, 0.15) is 34.4 Å². The number of amides is 2. The molecule has 0 radical (unpaired) electrons. The molecule has 2 atom stereocenters. The number of nitrogens with zero attached hydrogens (tertiary/aromatic N) is 3. The Balaban J connectivity index is 0.00000462. The van der Waals surface area contributed by atoms with Gasteiger partial charge in [0.1, 0.15) is 11.9 Å². The Morgan fingerprint density at radius 3 is 2.59 bits per heavy atom. The summed E-state index contributed by atoms with van der Waals surface area (Å²) in [5, 5.41) is 12.5. The first-order valence-corrected chi connectivity index (χ1v) is 14.9. The lowest BCUT2D eigenvalue weighted by Gasteiger charge is -2.32. The lowest BCUT2D eigenvalue weighted by atomic mass is 9.99. The van der Waals surface area contributed by atoms with Crippen molar-refractivity contribution < 1.29 is 32.6 Å². The number of aliphatic hydroxyl groups is 1. The van der Waals surface area contributed by atoms with E-state index in [9.17, 15) is 27.9 Å². The molecule has 4 rings (SSSR count). The number of sulfonamides is 1. The van der Waals surface area contributed by atoms with E-state index >= 15 is 0 Å². The number of thiophene rings is 1. The van der Waals surface area contributed by atoms with Crippen LogP contribution in [0.15, 0.2) is 47.6 Å². The zero-order chi connectivity index (χ0) is 29.2. The summed E-state index contributed by atoms with van der Waals surface area (Å²) in [6, 6.07) is 7.42. The lowest BCUT2D eigenvalue weighted by Crippen LogP contribution is -2.60. The highest BCUT2D eigenvalue weighted by molar-refractivity contribution is 7.89. The highest BCUT2D eigenvalue weighted by Gasteiger charge is 2.49. The molecule has 222 valence electrons. The molecule has 16 heteroatoms. The minimum Gasteiger partial charge on any atom is -0.464 e. The van der Waals surface area contributed by atoms with E-state index < -0.39 is 46.0 Å². The fraction of sp³-hybridized carbons (Fsp3) is 0.360. The molecule has 1 aliphatic rings. The van der Waals surface area contributed by atoms with Gasteiger partial charge < -0.3 is 24.6 Å². The van der Waals surface area contributed by atoms with Gasteiger partial charge in [-0.15, -0.1) is 23.7 Å². The standard InChI is InChI=1S/C25H28ClN5O7S2.ClH/c1-4-38-24(35)25(23-27-11-13-30(23)3,14-28-21(33)18-8-9-20(26)39-18)29-40(36,37)19-7-5-6-16(15(19)2)31-12-10-17(32)22(31)34;/h5-9,11,13,17,29,32H,4,10,12,14H2,1-3H3,(H,28,33);1H/t17-,25-;/m1./s1. The van der Waals surface area contributed by atoms with Crippen LogP contribution in [-0.2, 0) is 36.9 Å². The number of aryl methyl sites for hydroxylation is 1.